The summed E-state index contributed by atoms with van der Waals surface area (Å²) < 4.78 is 0. The summed E-state index contributed by atoms with van der Waals surface area (Å²) in [4.78, 5) is 0. The number of nitrogens with one attached hydrogen (secondary N) is 2. The van der Waals surface area contributed by atoms with Crippen LogP contribution in [0, 0.1) is 0 Å². The molecule has 0 aromatic heterocycles. The molecule has 98 valence electrons. The summed E-state index contributed by atoms with van der Waals surface area (Å²) in [5.41, 5.74) is 0. The van der Waals surface area contributed by atoms with Crippen molar-refractivity contribution in [1.82, 2.24) is 10.6 Å². The molecule has 0 aromatic carbocycles. The summed E-state index contributed by atoms with van der Waals surface area (Å²) in [6, 6.07) is 1.67. The maximum Gasteiger partial charge on any atom is 0.00794 e. The number of rotatable bonds is 5. The van der Waals surface area contributed by atoms with Crippen LogP contribution in [0.3, 0.4) is 0 Å². The van der Waals surface area contributed by atoms with Gasteiger partial charge in [-0.25, -0.2) is 0 Å². The lowest BCUT2D eigenvalue weighted by Gasteiger charge is -2.15. The molecule has 0 heterocycles. The maximum atomic E-state index is 3.64. The van der Waals surface area contributed by atoms with Gasteiger partial charge in [0.2, 0.25) is 0 Å². The Hall–Kier alpha value is 0.500. The van der Waals surface area contributed by atoms with Crippen LogP contribution in [0.15, 0.2) is 0 Å². The molecule has 0 atom stereocenters. The Kier molecular flexibility index (Phi) is 9.82. The molecule has 0 aliphatic heterocycles. The van der Waals surface area contributed by atoms with Crippen LogP contribution in [-0.4, -0.2) is 25.2 Å². The largest absolute Gasteiger partial charge is 0.313 e. The summed E-state index contributed by atoms with van der Waals surface area (Å²) in [5, 5.41) is 7.29. The second-order valence-corrected chi connectivity index (χ2v) is 4.87. The van der Waals surface area contributed by atoms with Crippen LogP contribution >= 0.6 is 24.8 Å². The average Bonchev–Trinajstić information content (AvgIpc) is 2.86. The van der Waals surface area contributed by atoms with E-state index in [1.807, 2.05) is 0 Å². The molecule has 0 spiro atoms. The molecule has 4 heteroatoms. The molecule has 16 heavy (non-hydrogen) atoms. The first kappa shape index (κ1) is 16.5. The van der Waals surface area contributed by atoms with Crippen molar-refractivity contribution in [2.75, 3.05) is 13.1 Å². The zero-order chi connectivity index (χ0) is 9.64. The Labute approximate surface area is 112 Å². The molecule has 2 aliphatic carbocycles. The third kappa shape index (κ3) is 5.72. The van der Waals surface area contributed by atoms with Gasteiger partial charge < -0.3 is 10.6 Å². The number of hydrogen-bond acceptors (Lipinski definition) is 2. The highest BCUT2D eigenvalue weighted by Crippen LogP contribution is 2.18. The van der Waals surface area contributed by atoms with Gasteiger partial charge in [-0.2, -0.15) is 0 Å². The molecular formula is C12H26Cl2N2. The summed E-state index contributed by atoms with van der Waals surface area (Å²) in [7, 11) is 0. The van der Waals surface area contributed by atoms with Crippen molar-refractivity contribution >= 4 is 24.8 Å². The van der Waals surface area contributed by atoms with Gasteiger partial charge in [0.1, 0.15) is 0 Å². The van der Waals surface area contributed by atoms with Crippen molar-refractivity contribution < 1.29 is 0 Å². The lowest BCUT2D eigenvalue weighted by molar-refractivity contribution is 0.472. The van der Waals surface area contributed by atoms with Crippen molar-refractivity contribution in [1.29, 1.82) is 0 Å². The lowest BCUT2D eigenvalue weighted by atomic mass is 10.2. The minimum absolute atomic E-state index is 0. The Balaban J connectivity index is 0.00000112. The van der Waals surface area contributed by atoms with E-state index in [9.17, 15) is 0 Å². The Morgan fingerprint density at radius 3 is 1.25 bits per heavy atom. The average molecular weight is 269 g/mol. The van der Waals surface area contributed by atoms with E-state index in [1.54, 1.807) is 0 Å². The summed E-state index contributed by atoms with van der Waals surface area (Å²) >= 11 is 0. The Morgan fingerprint density at radius 1 is 0.625 bits per heavy atom. The molecule has 0 radical (unpaired) electrons. The predicted octanol–water partition coefficient (Wildman–Crippen LogP) is 2.89. The fourth-order valence-electron chi connectivity index (χ4n) is 2.81. The summed E-state index contributed by atoms with van der Waals surface area (Å²) in [6.07, 6.45) is 11.4. The minimum atomic E-state index is 0. The van der Waals surface area contributed by atoms with Gasteiger partial charge in [-0.05, 0) is 25.7 Å². The fraction of sp³-hybridized carbons (Fsp3) is 1.00. The standard InChI is InChI=1S/C12H24N2.2ClH/c1-2-6-11(5-1)13-9-10-14-12-7-3-4-8-12;;/h11-14H,1-10H2;2*1H. The summed E-state index contributed by atoms with van der Waals surface area (Å²) in [5.74, 6) is 0. The molecule has 0 aromatic rings. The monoisotopic (exact) mass is 268 g/mol. The lowest BCUT2D eigenvalue weighted by Crippen LogP contribution is -2.36. The van der Waals surface area contributed by atoms with Crippen molar-refractivity contribution in [2.45, 2.75) is 63.5 Å². The van der Waals surface area contributed by atoms with Crippen molar-refractivity contribution in [2.24, 2.45) is 0 Å². The number of halogens is 2. The molecule has 2 saturated carbocycles. The van der Waals surface area contributed by atoms with Gasteiger partial charge in [-0.3, -0.25) is 0 Å². The zero-order valence-corrected chi connectivity index (χ0v) is 11.7. The van der Waals surface area contributed by atoms with Gasteiger partial charge in [0.15, 0.2) is 0 Å². The van der Waals surface area contributed by atoms with E-state index in [1.165, 1.54) is 64.5 Å². The van der Waals surface area contributed by atoms with Crippen LogP contribution in [0.4, 0.5) is 0 Å². The Bertz CT molecular complexity index is 137. The van der Waals surface area contributed by atoms with Gasteiger partial charge in [0.25, 0.3) is 0 Å². The normalized spacial score (nSPS) is 21.8. The molecule has 2 aliphatic rings. The fourth-order valence-corrected chi connectivity index (χ4v) is 2.81. The van der Waals surface area contributed by atoms with E-state index in [4.69, 9.17) is 0 Å². The van der Waals surface area contributed by atoms with Crippen LogP contribution in [0.2, 0.25) is 0 Å². The van der Waals surface area contributed by atoms with Crippen LogP contribution < -0.4 is 10.6 Å². The molecular weight excluding hydrogens is 243 g/mol. The highest BCUT2D eigenvalue weighted by atomic mass is 35.5. The first-order valence-electron chi connectivity index (χ1n) is 6.42. The van der Waals surface area contributed by atoms with E-state index >= 15 is 0 Å². The molecule has 2 nitrogen and oxygen atoms in total. The van der Waals surface area contributed by atoms with E-state index < -0.39 is 0 Å². The first-order valence-corrected chi connectivity index (χ1v) is 6.42. The quantitative estimate of drug-likeness (QED) is 0.750. The van der Waals surface area contributed by atoms with Crippen LogP contribution in [0.1, 0.15) is 51.4 Å². The predicted molar refractivity (Wildman–Crippen MR) is 75.0 cm³/mol. The molecule has 2 rings (SSSR count). The van der Waals surface area contributed by atoms with Gasteiger partial charge in [-0.1, -0.05) is 25.7 Å². The number of hydrogen-bond donors (Lipinski definition) is 2. The van der Waals surface area contributed by atoms with Crippen LogP contribution in [-0.2, 0) is 0 Å². The second-order valence-electron chi connectivity index (χ2n) is 4.87. The highest BCUT2D eigenvalue weighted by Gasteiger charge is 2.15. The SMILES string of the molecule is C1CCC(NCCNC2CCCC2)C1.Cl.Cl. The molecule has 0 saturated heterocycles. The van der Waals surface area contributed by atoms with E-state index in [-0.39, 0.29) is 24.8 Å². The smallest absolute Gasteiger partial charge is 0.00794 e. The Morgan fingerprint density at radius 2 is 0.938 bits per heavy atom. The maximum absolute atomic E-state index is 3.64. The first-order chi connectivity index (χ1) is 6.95. The van der Waals surface area contributed by atoms with Gasteiger partial charge in [0, 0.05) is 25.2 Å². The van der Waals surface area contributed by atoms with Gasteiger partial charge in [0.05, 0.1) is 0 Å². The topological polar surface area (TPSA) is 24.1 Å². The molecule has 0 unspecified atom stereocenters. The van der Waals surface area contributed by atoms with Gasteiger partial charge >= 0.3 is 0 Å². The van der Waals surface area contributed by atoms with Crippen LogP contribution in [0.25, 0.3) is 0 Å². The zero-order valence-electron chi connectivity index (χ0n) is 10.0. The minimum Gasteiger partial charge on any atom is -0.313 e. The van der Waals surface area contributed by atoms with Crippen molar-refractivity contribution in [3.05, 3.63) is 0 Å². The van der Waals surface area contributed by atoms with Gasteiger partial charge in [-0.15, -0.1) is 24.8 Å². The van der Waals surface area contributed by atoms with E-state index in [2.05, 4.69) is 10.6 Å². The third-order valence-corrected chi connectivity index (χ3v) is 3.70. The van der Waals surface area contributed by atoms with Crippen molar-refractivity contribution in [3.8, 4) is 0 Å². The highest BCUT2D eigenvalue weighted by molar-refractivity contribution is 5.85. The van der Waals surface area contributed by atoms with E-state index in [0.29, 0.717) is 0 Å². The molecule has 0 bridgehead atoms. The summed E-state index contributed by atoms with van der Waals surface area (Å²) in [6.45, 7) is 2.34. The van der Waals surface area contributed by atoms with Crippen LogP contribution in [0.5, 0.6) is 0 Å². The molecule has 2 fully saturated rings. The second kappa shape index (κ2) is 9.52. The van der Waals surface area contributed by atoms with Crippen molar-refractivity contribution in [3.63, 3.8) is 0 Å². The van der Waals surface area contributed by atoms with E-state index in [0.717, 1.165) is 12.1 Å². The molecule has 0 amide bonds. The third-order valence-electron chi connectivity index (χ3n) is 3.70. The molecule has 2 N–H and O–H groups in total.